The van der Waals surface area contributed by atoms with Gasteiger partial charge in [-0.15, -0.1) is 0 Å². The number of carbonyl (C=O) groups is 3. The van der Waals surface area contributed by atoms with Crippen LogP contribution < -0.4 is 5.32 Å². The second kappa shape index (κ2) is 6.16. The van der Waals surface area contributed by atoms with Crippen LogP contribution in [0.25, 0.3) is 10.9 Å². The van der Waals surface area contributed by atoms with E-state index in [2.05, 4.69) is 10.3 Å². The lowest BCUT2D eigenvalue weighted by Gasteiger charge is -2.41. The third-order valence-corrected chi connectivity index (χ3v) is 5.77. The van der Waals surface area contributed by atoms with E-state index in [1.165, 1.54) is 0 Å². The predicted molar refractivity (Wildman–Crippen MR) is 94.4 cm³/mol. The molecule has 7 heteroatoms. The number of nitrogens with one attached hydrogen (secondary N) is 2. The summed E-state index contributed by atoms with van der Waals surface area (Å²) in [4.78, 5) is 40.9. The monoisotopic (exact) mass is 355 g/mol. The molecule has 0 unspecified atom stereocenters. The summed E-state index contributed by atoms with van der Waals surface area (Å²) < 4.78 is 0. The Morgan fingerprint density at radius 3 is 2.69 bits per heavy atom. The van der Waals surface area contributed by atoms with Crippen molar-refractivity contribution in [1.29, 1.82) is 0 Å². The number of para-hydroxylation sites is 1. The number of carboxylic acids is 1. The van der Waals surface area contributed by atoms with E-state index < -0.39 is 17.4 Å². The summed E-state index contributed by atoms with van der Waals surface area (Å²) in [6.07, 6.45) is 3.17. The SMILES string of the molecule is O=C1C[C@@H](C(=O)O)C2(CCN(C(=O)Cc3c[nH]c4ccccc34)CC2)N1. The van der Waals surface area contributed by atoms with Gasteiger partial charge in [-0.05, 0) is 24.5 Å². The lowest BCUT2D eigenvalue weighted by molar-refractivity contribution is -0.145. The molecular weight excluding hydrogens is 334 g/mol. The first-order chi connectivity index (χ1) is 12.5. The van der Waals surface area contributed by atoms with Crippen LogP contribution in [0.2, 0.25) is 0 Å². The van der Waals surface area contributed by atoms with Gasteiger partial charge in [-0.2, -0.15) is 0 Å². The largest absolute Gasteiger partial charge is 0.481 e. The summed E-state index contributed by atoms with van der Waals surface area (Å²) in [6, 6.07) is 7.86. The zero-order valence-corrected chi connectivity index (χ0v) is 14.3. The van der Waals surface area contributed by atoms with Crippen molar-refractivity contribution in [2.75, 3.05) is 13.1 Å². The Bertz CT molecular complexity index is 880. The average molecular weight is 355 g/mol. The highest BCUT2D eigenvalue weighted by molar-refractivity contribution is 5.90. The molecule has 1 spiro atoms. The van der Waals surface area contributed by atoms with Crippen molar-refractivity contribution in [2.45, 2.75) is 31.2 Å². The molecule has 0 radical (unpaired) electrons. The molecule has 0 aliphatic carbocycles. The van der Waals surface area contributed by atoms with E-state index in [1.54, 1.807) is 4.90 Å². The molecule has 2 aromatic rings. The van der Waals surface area contributed by atoms with E-state index in [-0.39, 0.29) is 18.2 Å². The Morgan fingerprint density at radius 2 is 1.96 bits per heavy atom. The molecule has 4 rings (SSSR count). The molecule has 3 heterocycles. The maximum Gasteiger partial charge on any atom is 0.309 e. The number of benzene rings is 1. The van der Waals surface area contributed by atoms with Crippen LogP contribution in [-0.2, 0) is 20.8 Å². The number of hydrogen-bond acceptors (Lipinski definition) is 3. The number of amides is 2. The summed E-state index contributed by atoms with van der Waals surface area (Å²) in [7, 11) is 0. The van der Waals surface area contributed by atoms with Crippen molar-refractivity contribution in [3.05, 3.63) is 36.0 Å². The number of carboxylic acid groups (broad SMARTS) is 1. The lowest BCUT2D eigenvalue weighted by atomic mass is 9.77. The maximum absolute atomic E-state index is 12.7. The Hall–Kier alpha value is -2.83. The number of aliphatic carboxylic acids is 1. The normalized spacial score (nSPS) is 21.9. The Kier molecular flexibility index (Phi) is 3.94. The molecule has 3 N–H and O–H groups in total. The molecule has 2 aliphatic rings. The van der Waals surface area contributed by atoms with E-state index in [0.717, 1.165) is 16.5 Å². The first kappa shape index (κ1) is 16.6. The number of fused-ring (bicyclic) bond motifs is 1. The Balaban J connectivity index is 1.44. The number of aromatic nitrogens is 1. The first-order valence-electron chi connectivity index (χ1n) is 8.85. The number of aromatic amines is 1. The standard InChI is InChI=1S/C19H21N3O4/c23-16-10-14(18(25)26)19(21-16)5-7-22(8-6-19)17(24)9-12-11-20-15-4-2-1-3-13(12)15/h1-4,11,14,20H,5-10H2,(H,21,23)(H,25,26)/t14-/m0/s1. The number of nitrogens with zero attached hydrogens (tertiary/aromatic N) is 1. The molecule has 1 atom stereocenters. The van der Waals surface area contributed by atoms with Gasteiger partial charge in [0.25, 0.3) is 0 Å². The topological polar surface area (TPSA) is 102 Å². The minimum absolute atomic E-state index is 0.0264. The molecule has 0 saturated carbocycles. The van der Waals surface area contributed by atoms with Crippen LogP contribution >= 0.6 is 0 Å². The Morgan fingerprint density at radius 1 is 1.23 bits per heavy atom. The third-order valence-electron chi connectivity index (χ3n) is 5.77. The number of likely N-dealkylation sites (tertiary alicyclic amines) is 1. The number of rotatable bonds is 3. The van der Waals surface area contributed by atoms with Gasteiger partial charge in [0.05, 0.1) is 17.9 Å². The van der Waals surface area contributed by atoms with Crippen molar-refractivity contribution < 1.29 is 19.5 Å². The molecule has 1 aromatic carbocycles. The highest BCUT2D eigenvalue weighted by Gasteiger charge is 2.51. The molecule has 2 saturated heterocycles. The second-order valence-corrected chi connectivity index (χ2v) is 7.22. The van der Waals surface area contributed by atoms with Crippen molar-refractivity contribution in [1.82, 2.24) is 15.2 Å². The van der Waals surface area contributed by atoms with Gasteiger partial charge in [0, 0.05) is 36.6 Å². The van der Waals surface area contributed by atoms with Crippen molar-refractivity contribution in [2.24, 2.45) is 5.92 Å². The first-order valence-corrected chi connectivity index (χ1v) is 8.85. The molecule has 136 valence electrons. The van der Waals surface area contributed by atoms with Crippen LogP contribution in [-0.4, -0.2) is 51.4 Å². The predicted octanol–water partition coefficient (Wildman–Crippen LogP) is 1.29. The van der Waals surface area contributed by atoms with Crippen molar-refractivity contribution in [3.8, 4) is 0 Å². The molecule has 2 fully saturated rings. The van der Waals surface area contributed by atoms with Crippen LogP contribution in [0.3, 0.4) is 0 Å². The fourth-order valence-corrected chi connectivity index (χ4v) is 4.30. The van der Waals surface area contributed by atoms with E-state index in [1.807, 2.05) is 30.5 Å². The summed E-state index contributed by atoms with van der Waals surface area (Å²) in [5.74, 6) is -1.83. The highest BCUT2D eigenvalue weighted by Crippen LogP contribution is 2.37. The van der Waals surface area contributed by atoms with E-state index in [9.17, 15) is 19.5 Å². The number of hydrogen-bond donors (Lipinski definition) is 3. The lowest BCUT2D eigenvalue weighted by Crippen LogP contribution is -2.56. The fraction of sp³-hybridized carbons (Fsp3) is 0.421. The number of piperidine rings is 1. The van der Waals surface area contributed by atoms with Gasteiger partial charge in [-0.1, -0.05) is 18.2 Å². The van der Waals surface area contributed by atoms with Gasteiger partial charge >= 0.3 is 5.97 Å². The molecule has 7 nitrogen and oxygen atoms in total. The van der Waals surface area contributed by atoms with E-state index in [0.29, 0.717) is 32.4 Å². The number of H-pyrrole nitrogens is 1. The quantitative estimate of drug-likeness (QED) is 0.772. The molecule has 1 aromatic heterocycles. The summed E-state index contributed by atoms with van der Waals surface area (Å²) >= 11 is 0. The van der Waals surface area contributed by atoms with Gasteiger partial charge in [0.15, 0.2) is 0 Å². The molecular formula is C19H21N3O4. The summed E-state index contributed by atoms with van der Waals surface area (Å²) in [5, 5.41) is 13.3. The highest BCUT2D eigenvalue weighted by atomic mass is 16.4. The molecule has 2 amide bonds. The minimum atomic E-state index is -0.943. The smallest absolute Gasteiger partial charge is 0.309 e. The maximum atomic E-state index is 12.7. The van der Waals surface area contributed by atoms with Crippen LogP contribution in [0.15, 0.2) is 30.5 Å². The summed E-state index contributed by atoms with van der Waals surface area (Å²) in [5.41, 5.74) is 1.26. The minimum Gasteiger partial charge on any atom is -0.481 e. The zero-order valence-electron chi connectivity index (χ0n) is 14.3. The molecule has 26 heavy (non-hydrogen) atoms. The van der Waals surface area contributed by atoms with Crippen LogP contribution in [0.4, 0.5) is 0 Å². The Labute approximate surface area is 150 Å². The van der Waals surface area contributed by atoms with Gasteiger partial charge in [-0.25, -0.2) is 0 Å². The molecule has 0 bridgehead atoms. The zero-order chi connectivity index (χ0) is 18.3. The van der Waals surface area contributed by atoms with E-state index in [4.69, 9.17) is 0 Å². The van der Waals surface area contributed by atoms with Crippen molar-refractivity contribution in [3.63, 3.8) is 0 Å². The number of carbonyl (C=O) groups excluding carboxylic acids is 2. The third kappa shape index (κ3) is 2.73. The van der Waals surface area contributed by atoms with Crippen LogP contribution in [0.1, 0.15) is 24.8 Å². The van der Waals surface area contributed by atoms with Gasteiger partial charge in [0.2, 0.25) is 11.8 Å². The average Bonchev–Trinajstić information content (AvgIpc) is 3.17. The van der Waals surface area contributed by atoms with Gasteiger partial charge < -0.3 is 20.3 Å². The fourth-order valence-electron chi connectivity index (χ4n) is 4.30. The van der Waals surface area contributed by atoms with Gasteiger partial charge in [-0.3, -0.25) is 14.4 Å². The molecule has 2 aliphatic heterocycles. The van der Waals surface area contributed by atoms with Crippen LogP contribution in [0, 0.1) is 5.92 Å². The summed E-state index contributed by atoms with van der Waals surface area (Å²) in [6.45, 7) is 0.927. The van der Waals surface area contributed by atoms with Gasteiger partial charge in [0.1, 0.15) is 0 Å². The van der Waals surface area contributed by atoms with E-state index >= 15 is 0 Å². The second-order valence-electron chi connectivity index (χ2n) is 7.22. The van der Waals surface area contributed by atoms with Crippen LogP contribution in [0.5, 0.6) is 0 Å². The van der Waals surface area contributed by atoms with Crippen molar-refractivity contribution >= 4 is 28.7 Å².